The van der Waals surface area contributed by atoms with Crippen LogP contribution in [0.15, 0.2) is 18.2 Å². The molecule has 0 atom stereocenters. The van der Waals surface area contributed by atoms with Crippen LogP contribution in [0, 0.1) is 12.8 Å². The molecule has 0 radical (unpaired) electrons. The van der Waals surface area contributed by atoms with E-state index >= 15 is 0 Å². The summed E-state index contributed by atoms with van der Waals surface area (Å²) in [6, 6.07) is 5.26. The number of nitrogens with zero attached hydrogens (tertiary/aromatic N) is 3. The summed E-state index contributed by atoms with van der Waals surface area (Å²) in [5.41, 5.74) is 0.598. The van der Waals surface area contributed by atoms with Gasteiger partial charge in [-0.2, -0.15) is 0 Å². The number of aromatic nitrogens is 2. The Hall–Kier alpha value is -1.23. The van der Waals surface area contributed by atoms with E-state index in [4.69, 9.17) is 34.8 Å². The second kappa shape index (κ2) is 7.98. The third-order valence-corrected chi connectivity index (χ3v) is 4.89. The maximum Gasteiger partial charge on any atom is 0.136 e. The summed E-state index contributed by atoms with van der Waals surface area (Å²) in [6.07, 6.45) is 3.70. The Labute approximate surface area is 163 Å². The largest absolute Gasteiger partial charge is 0.356 e. The molecule has 1 aliphatic carbocycles. The van der Waals surface area contributed by atoms with E-state index in [1.807, 2.05) is 13.0 Å². The third-order valence-electron chi connectivity index (χ3n) is 4.08. The first-order valence-electron chi connectivity index (χ1n) is 8.48. The van der Waals surface area contributed by atoms with E-state index in [9.17, 15) is 0 Å². The number of anilines is 3. The molecule has 134 valence electrons. The van der Waals surface area contributed by atoms with Crippen molar-refractivity contribution in [1.29, 1.82) is 0 Å². The lowest BCUT2D eigenvalue weighted by atomic mass is 10.3. The zero-order chi connectivity index (χ0) is 18.0. The predicted octanol–water partition coefficient (Wildman–Crippen LogP) is 6.12. The molecule has 7 heteroatoms. The van der Waals surface area contributed by atoms with Crippen molar-refractivity contribution < 1.29 is 0 Å². The summed E-state index contributed by atoms with van der Waals surface area (Å²) in [6.45, 7) is 6.10. The Morgan fingerprint density at radius 3 is 2.40 bits per heavy atom. The van der Waals surface area contributed by atoms with Crippen molar-refractivity contribution >= 4 is 52.1 Å². The summed E-state index contributed by atoms with van der Waals surface area (Å²) >= 11 is 18.5. The van der Waals surface area contributed by atoms with Crippen molar-refractivity contribution in [2.75, 3.05) is 23.3 Å². The van der Waals surface area contributed by atoms with E-state index in [2.05, 4.69) is 27.1 Å². The normalized spacial score (nSPS) is 13.8. The highest BCUT2D eigenvalue weighted by molar-refractivity contribution is 6.41. The highest BCUT2D eigenvalue weighted by Gasteiger charge is 2.25. The van der Waals surface area contributed by atoms with Crippen molar-refractivity contribution in [3.63, 3.8) is 0 Å². The molecule has 3 rings (SSSR count). The van der Waals surface area contributed by atoms with Crippen LogP contribution in [0.25, 0.3) is 0 Å². The molecular formula is C18H21Cl3N4. The molecule has 1 N–H and O–H groups in total. The Bertz CT molecular complexity index is 739. The van der Waals surface area contributed by atoms with Gasteiger partial charge in [0.25, 0.3) is 0 Å². The van der Waals surface area contributed by atoms with Crippen LogP contribution in [0.2, 0.25) is 15.1 Å². The molecule has 0 saturated heterocycles. The van der Waals surface area contributed by atoms with Crippen molar-refractivity contribution in [2.24, 2.45) is 5.92 Å². The molecule has 1 saturated carbocycles. The van der Waals surface area contributed by atoms with Gasteiger partial charge in [-0.1, -0.05) is 41.7 Å². The minimum Gasteiger partial charge on any atom is -0.356 e. The standard InChI is InChI=1S/C18H21Cl3N4/c1-3-6-25(10-12-4-5-12)17-9-16(22-11(2)23-17)24-18-14(20)7-13(19)8-15(18)21/h7-9,12H,3-6,10H2,1-2H3,(H,22,23,24). The number of nitrogens with one attached hydrogen (secondary N) is 1. The molecule has 0 amide bonds. The average Bonchev–Trinajstić information content (AvgIpc) is 3.34. The molecule has 1 aromatic carbocycles. The summed E-state index contributed by atoms with van der Waals surface area (Å²) in [5, 5.41) is 4.63. The van der Waals surface area contributed by atoms with Crippen LogP contribution in [0.3, 0.4) is 0 Å². The minimum atomic E-state index is 0.457. The van der Waals surface area contributed by atoms with Crippen LogP contribution in [-0.2, 0) is 0 Å². The molecule has 0 bridgehead atoms. The molecule has 1 aliphatic rings. The van der Waals surface area contributed by atoms with Crippen molar-refractivity contribution in [3.05, 3.63) is 39.1 Å². The van der Waals surface area contributed by atoms with Crippen molar-refractivity contribution in [2.45, 2.75) is 33.1 Å². The summed E-state index contributed by atoms with van der Waals surface area (Å²) in [5.74, 6) is 3.10. The first-order chi connectivity index (χ1) is 12.0. The zero-order valence-electron chi connectivity index (χ0n) is 14.3. The van der Waals surface area contributed by atoms with Crippen LogP contribution in [-0.4, -0.2) is 23.1 Å². The average molecular weight is 400 g/mol. The van der Waals surface area contributed by atoms with Crippen LogP contribution in [0.1, 0.15) is 32.0 Å². The lowest BCUT2D eigenvalue weighted by Gasteiger charge is -2.24. The smallest absolute Gasteiger partial charge is 0.136 e. The lowest BCUT2D eigenvalue weighted by Crippen LogP contribution is -2.27. The highest BCUT2D eigenvalue weighted by atomic mass is 35.5. The Kier molecular flexibility index (Phi) is 5.92. The molecule has 4 nitrogen and oxygen atoms in total. The van der Waals surface area contributed by atoms with Crippen LogP contribution >= 0.6 is 34.8 Å². The van der Waals surface area contributed by atoms with Crippen molar-refractivity contribution in [3.8, 4) is 0 Å². The summed E-state index contributed by atoms with van der Waals surface area (Å²) in [7, 11) is 0. The fourth-order valence-electron chi connectivity index (χ4n) is 2.75. The lowest BCUT2D eigenvalue weighted by molar-refractivity contribution is 0.696. The summed E-state index contributed by atoms with van der Waals surface area (Å²) < 4.78 is 0. The van der Waals surface area contributed by atoms with Gasteiger partial charge in [0.2, 0.25) is 0 Å². The maximum absolute atomic E-state index is 6.27. The summed E-state index contributed by atoms with van der Waals surface area (Å²) in [4.78, 5) is 11.4. The van der Waals surface area contributed by atoms with E-state index in [0.717, 1.165) is 31.2 Å². The van der Waals surface area contributed by atoms with Crippen molar-refractivity contribution in [1.82, 2.24) is 9.97 Å². The zero-order valence-corrected chi connectivity index (χ0v) is 16.6. The number of hydrogen-bond donors (Lipinski definition) is 1. The molecule has 1 heterocycles. The minimum absolute atomic E-state index is 0.457. The van der Waals surface area contributed by atoms with E-state index in [0.29, 0.717) is 32.4 Å². The molecule has 1 aromatic heterocycles. The second-order valence-electron chi connectivity index (χ2n) is 6.42. The monoisotopic (exact) mass is 398 g/mol. The quantitative estimate of drug-likeness (QED) is 0.609. The van der Waals surface area contributed by atoms with Gasteiger partial charge in [0.15, 0.2) is 0 Å². The molecular weight excluding hydrogens is 379 g/mol. The van der Waals surface area contributed by atoms with Gasteiger partial charge < -0.3 is 10.2 Å². The number of aryl methyl sites for hydroxylation is 1. The molecule has 2 aromatic rings. The van der Waals surface area contributed by atoms with E-state index in [1.54, 1.807) is 12.1 Å². The molecule has 0 spiro atoms. The number of hydrogen-bond acceptors (Lipinski definition) is 4. The molecule has 0 unspecified atom stereocenters. The van der Waals surface area contributed by atoms with Gasteiger partial charge in [0, 0.05) is 24.2 Å². The Morgan fingerprint density at radius 1 is 1.12 bits per heavy atom. The molecule has 1 fully saturated rings. The van der Waals surface area contributed by atoms with Gasteiger partial charge >= 0.3 is 0 Å². The van der Waals surface area contributed by atoms with Gasteiger partial charge in [0.05, 0.1) is 15.7 Å². The predicted molar refractivity (Wildman–Crippen MR) is 107 cm³/mol. The van der Waals surface area contributed by atoms with Gasteiger partial charge in [-0.05, 0) is 44.2 Å². The van der Waals surface area contributed by atoms with E-state index < -0.39 is 0 Å². The fraction of sp³-hybridized carbons (Fsp3) is 0.444. The van der Waals surface area contributed by atoms with Gasteiger partial charge in [0.1, 0.15) is 17.5 Å². The first kappa shape index (κ1) is 18.6. The maximum atomic E-state index is 6.27. The SMILES string of the molecule is CCCN(CC1CC1)c1cc(Nc2c(Cl)cc(Cl)cc2Cl)nc(C)n1. The number of rotatable bonds is 7. The topological polar surface area (TPSA) is 41.0 Å². The molecule has 0 aliphatic heterocycles. The highest BCUT2D eigenvalue weighted by Crippen LogP contribution is 2.36. The van der Waals surface area contributed by atoms with Crippen LogP contribution in [0.5, 0.6) is 0 Å². The van der Waals surface area contributed by atoms with Crippen LogP contribution in [0.4, 0.5) is 17.3 Å². The fourth-order valence-corrected chi connectivity index (χ4v) is 3.66. The van der Waals surface area contributed by atoms with E-state index in [-0.39, 0.29) is 0 Å². The number of halogens is 3. The molecule has 25 heavy (non-hydrogen) atoms. The first-order valence-corrected chi connectivity index (χ1v) is 9.62. The van der Waals surface area contributed by atoms with Gasteiger partial charge in [-0.3, -0.25) is 0 Å². The van der Waals surface area contributed by atoms with Crippen LogP contribution < -0.4 is 10.2 Å². The van der Waals surface area contributed by atoms with Gasteiger partial charge in [-0.15, -0.1) is 0 Å². The number of benzene rings is 1. The van der Waals surface area contributed by atoms with E-state index in [1.165, 1.54) is 12.8 Å². The Balaban J connectivity index is 1.88. The second-order valence-corrected chi connectivity index (χ2v) is 7.67. The van der Waals surface area contributed by atoms with Gasteiger partial charge in [-0.25, -0.2) is 9.97 Å². The Morgan fingerprint density at radius 2 is 1.80 bits per heavy atom. The third kappa shape index (κ3) is 4.90.